The molecule has 26 heavy (non-hydrogen) atoms. The Morgan fingerprint density at radius 3 is 1.77 bits per heavy atom. The molecule has 6 nitrogen and oxygen atoms in total. The van der Waals surface area contributed by atoms with Gasteiger partial charge in [0.05, 0.1) is 19.8 Å². The van der Waals surface area contributed by atoms with Crippen LogP contribution in [0.15, 0.2) is 54.6 Å². The van der Waals surface area contributed by atoms with Gasteiger partial charge in [-0.1, -0.05) is 30.3 Å². The van der Waals surface area contributed by atoms with E-state index in [1.807, 2.05) is 57.2 Å². The molecule has 2 aromatic rings. The second kappa shape index (κ2) is 11.8. The summed E-state index contributed by atoms with van der Waals surface area (Å²) in [5, 5.41) is 0.723. The summed E-state index contributed by atoms with van der Waals surface area (Å²) < 4.78 is 19.1. The van der Waals surface area contributed by atoms with Crippen LogP contribution in [0.4, 0.5) is 0 Å². The number of hydrogen-bond donors (Lipinski definition) is 0. The zero-order valence-corrected chi connectivity index (χ0v) is 18.3. The van der Waals surface area contributed by atoms with Gasteiger partial charge in [0.15, 0.2) is 7.14 Å². The number of hydrogen-bond acceptors (Lipinski definition) is 6. The van der Waals surface area contributed by atoms with Crippen LogP contribution in [-0.2, 0) is 28.4 Å². The normalized spacial score (nSPS) is 11.7. The standard InChI is InChI=1S/C18H24IO6Si/c1-4-20-23-26(24-21-5-2,25-22-6-3)18-14-10-13-17(15-18)19-16-11-8-7-9-12-16/h7-15H,4-6H2,1-3H3/q+1. The highest BCUT2D eigenvalue weighted by Crippen LogP contribution is 2.13. The van der Waals surface area contributed by atoms with Gasteiger partial charge in [-0.05, 0) is 45.0 Å². The van der Waals surface area contributed by atoms with Gasteiger partial charge in [0.1, 0.15) is 0 Å². The molecule has 0 spiro atoms. The largest absolute Gasteiger partial charge is 0.620 e. The lowest BCUT2D eigenvalue weighted by Gasteiger charge is -2.25. The number of rotatable bonds is 12. The number of halogens is 1. The smallest absolute Gasteiger partial charge is 0.243 e. The minimum absolute atomic E-state index is 0.344. The first kappa shape index (κ1) is 21.4. The zero-order valence-electron chi connectivity index (χ0n) is 15.1. The minimum Gasteiger partial charge on any atom is -0.243 e. The second-order valence-corrected chi connectivity index (χ2v) is 10.1. The van der Waals surface area contributed by atoms with Crippen molar-refractivity contribution in [2.45, 2.75) is 20.8 Å². The van der Waals surface area contributed by atoms with Crippen LogP contribution in [0.5, 0.6) is 0 Å². The Kier molecular flexibility index (Phi) is 9.71. The molecule has 0 radical (unpaired) electrons. The van der Waals surface area contributed by atoms with Crippen LogP contribution in [0.25, 0.3) is 0 Å². The maximum atomic E-state index is 5.53. The highest BCUT2D eigenvalue weighted by atomic mass is 127. The van der Waals surface area contributed by atoms with Crippen molar-refractivity contribution in [3.05, 3.63) is 61.7 Å². The molecule has 0 atom stereocenters. The first-order valence-electron chi connectivity index (χ1n) is 8.46. The van der Waals surface area contributed by atoms with E-state index in [-0.39, 0.29) is 21.2 Å². The van der Waals surface area contributed by atoms with Crippen molar-refractivity contribution in [3.63, 3.8) is 0 Å². The lowest BCUT2D eigenvalue weighted by Crippen LogP contribution is -3.61. The highest BCUT2D eigenvalue weighted by molar-refractivity contribution is 6.74. The third-order valence-corrected chi connectivity index (χ3v) is 7.65. The molecule has 142 valence electrons. The Morgan fingerprint density at radius 2 is 1.23 bits per heavy atom. The average Bonchev–Trinajstić information content (AvgIpc) is 2.69. The predicted octanol–water partition coefficient (Wildman–Crippen LogP) is -0.135. The molecular weight excluding hydrogens is 467 g/mol. The fraction of sp³-hybridized carbons (Fsp3) is 0.333. The first-order chi connectivity index (χ1) is 12.7. The van der Waals surface area contributed by atoms with Gasteiger partial charge >= 0.3 is 30.0 Å². The van der Waals surface area contributed by atoms with Crippen LogP contribution in [0.1, 0.15) is 20.8 Å². The molecule has 0 N–H and O–H groups in total. The van der Waals surface area contributed by atoms with Crippen molar-refractivity contribution >= 4 is 14.0 Å². The van der Waals surface area contributed by atoms with Gasteiger partial charge in [-0.3, -0.25) is 0 Å². The SMILES string of the molecule is CCOO[Si](OOCC)(OOCC)c1cccc([I+]c2ccccc2)c1. The molecule has 2 aromatic carbocycles. The van der Waals surface area contributed by atoms with Crippen molar-refractivity contribution in [2.24, 2.45) is 0 Å². The van der Waals surface area contributed by atoms with E-state index in [0.717, 1.165) is 5.19 Å². The van der Waals surface area contributed by atoms with E-state index in [4.69, 9.17) is 28.4 Å². The van der Waals surface area contributed by atoms with Gasteiger partial charge in [-0.25, -0.2) is 28.4 Å². The van der Waals surface area contributed by atoms with E-state index in [1.54, 1.807) is 0 Å². The summed E-state index contributed by atoms with van der Waals surface area (Å²) in [5.74, 6) is 0. The molecule has 0 amide bonds. The quantitative estimate of drug-likeness (QED) is 0.179. The summed E-state index contributed by atoms with van der Waals surface area (Å²) >= 11 is -0.344. The molecule has 2 rings (SSSR count). The molecule has 0 heterocycles. The molecule has 8 heteroatoms. The van der Waals surface area contributed by atoms with Crippen molar-refractivity contribution in [1.82, 2.24) is 0 Å². The third-order valence-electron chi connectivity index (χ3n) is 2.99. The van der Waals surface area contributed by atoms with E-state index in [1.165, 1.54) is 7.14 Å². The van der Waals surface area contributed by atoms with Gasteiger partial charge in [0.25, 0.3) is 0 Å². The Balaban J connectivity index is 2.30. The third kappa shape index (κ3) is 6.39. The maximum absolute atomic E-state index is 5.53. The summed E-state index contributed by atoms with van der Waals surface area (Å²) in [6, 6.07) is 18.3. The van der Waals surface area contributed by atoms with Crippen molar-refractivity contribution in [3.8, 4) is 0 Å². The monoisotopic (exact) mass is 491 g/mol. The number of benzene rings is 2. The molecule has 0 aliphatic carbocycles. The summed E-state index contributed by atoms with van der Waals surface area (Å²) in [6.45, 7) is 6.48. The predicted molar refractivity (Wildman–Crippen MR) is 93.8 cm³/mol. The van der Waals surface area contributed by atoms with E-state index in [2.05, 4.69) is 18.2 Å². The molecule has 0 saturated heterocycles. The molecule has 0 aliphatic heterocycles. The molecule has 0 unspecified atom stereocenters. The average molecular weight is 491 g/mol. The van der Waals surface area contributed by atoms with Gasteiger partial charge in [0, 0.05) is 5.19 Å². The van der Waals surface area contributed by atoms with Crippen molar-refractivity contribution < 1.29 is 49.6 Å². The van der Waals surface area contributed by atoms with E-state index >= 15 is 0 Å². The van der Waals surface area contributed by atoms with Crippen molar-refractivity contribution in [1.29, 1.82) is 0 Å². The maximum Gasteiger partial charge on any atom is 0.620 e. The molecular formula is C18H24IO6Si+. The van der Waals surface area contributed by atoms with Crippen LogP contribution in [-0.4, -0.2) is 28.6 Å². The van der Waals surface area contributed by atoms with Gasteiger partial charge in [0.2, 0.25) is 0 Å². The summed E-state index contributed by atoms with van der Waals surface area (Å²) in [6.07, 6.45) is 0. The summed E-state index contributed by atoms with van der Waals surface area (Å²) in [5.41, 5.74) is 0. The van der Waals surface area contributed by atoms with Crippen LogP contribution in [0.3, 0.4) is 0 Å². The van der Waals surface area contributed by atoms with Crippen LogP contribution < -0.4 is 26.4 Å². The fourth-order valence-electron chi connectivity index (χ4n) is 1.94. The van der Waals surface area contributed by atoms with Crippen LogP contribution in [0.2, 0.25) is 0 Å². The Hall–Kier alpha value is -0.853. The van der Waals surface area contributed by atoms with Crippen molar-refractivity contribution in [2.75, 3.05) is 19.8 Å². The lowest BCUT2D eigenvalue weighted by atomic mass is 10.4. The van der Waals surface area contributed by atoms with Gasteiger partial charge < -0.3 is 0 Å². The molecule has 0 saturated carbocycles. The minimum atomic E-state index is -3.53. The highest BCUT2D eigenvalue weighted by Gasteiger charge is 2.50. The van der Waals surface area contributed by atoms with Gasteiger partial charge in [-0.2, -0.15) is 0 Å². The van der Waals surface area contributed by atoms with E-state index in [9.17, 15) is 0 Å². The Labute approximate surface area is 165 Å². The molecule has 0 aromatic heterocycles. The van der Waals surface area contributed by atoms with Gasteiger partial charge in [-0.15, -0.1) is 0 Å². The van der Waals surface area contributed by atoms with Crippen LogP contribution in [0, 0.1) is 7.14 Å². The fourth-order valence-corrected chi connectivity index (χ4v) is 6.43. The lowest BCUT2D eigenvalue weighted by molar-refractivity contribution is -0.597. The topological polar surface area (TPSA) is 55.4 Å². The van der Waals surface area contributed by atoms with E-state index in [0.29, 0.717) is 19.8 Å². The molecule has 0 fully saturated rings. The Bertz CT molecular complexity index is 621. The zero-order chi connectivity index (χ0) is 18.7. The second-order valence-electron chi connectivity index (χ2n) is 4.93. The summed E-state index contributed by atoms with van der Waals surface area (Å²) in [4.78, 5) is 15.5. The van der Waals surface area contributed by atoms with Crippen LogP contribution >= 0.6 is 0 Å². The first-order valence-corrected chi connectivity index (χ1v) is 12.3. The molecule has 0 bridgehead atoms. The van der Waals surface area contributed by atoms with E-state index < -0.39 is 8.80 Å². The molecule has 0 aliphatic rings. The Morgan fingerprint density at radius 1 is 0.692 bits per heavy atom. The summed E-state index contributed by atoms with van der Waals surface area (Å²) in [7, 11) is -3.53.